The van der Waals surface area contributed by atoms with Gasteiger partial charge in [-0.05, 0) is 31.0 Å². The SMILES string of the molecule is CCn1c(N)c(NCCc2ccc(Cl)cc2)c(=O)[nH]c1=O. The van der Waals surface area contributed by atoms with Gasteiger partial charge in [0.15, 0.2) is 0 Å². The number of anilines is 2. The molecule has 0 aliphatic carbocycles. The van der Waals surface area contributed by atoms with Gasteiger partial charge in [0.05, 0.1) is 0 Å². The summed E-state index contributed by atoms with van der Waals surface area (Å²) in [5.74, 6) is 0.155. The Labute approximate surface area is 126 Å². The van der Waals surface area contributed by atoms with E-state index in [-0.39, 0.29) is 11.5 Å². The summed E-state index contributed by atoms with van der Waals surface area (Å²) in [5, 5.41) is 3.67. The zero-order valence-corrected chi connectivity index (χ0v) is 12.4. The first-order valence-corrected chi connectivity index (χ1v) is 7.01. The molecule has 1 aromatic carbocycles. The van der Waals surface area contributed by atoms with Crippen molar-refractivity contribution >= 4 is 23.1 Å². The van der Waals surface area contributed by atoms with Gasteiger partial charge in [-0.25, -0.2) is 4.79 Å². The lowest BCUT2D eigenvalue weighted by atomic mass is 10.1. The van der Waals surface area contributed by atoms with E-state index in [1.165, 1.54) is 4.57 Å². The van der Waals surface area contributed by atoms with Gasteiger partial charge in [0.2, 0.25) is 0 Å². The van der Waals surface area contributed by atoms with Crippen molar-refractivity contribution in [2.24, 2.45) is 0 Å². The van der Waals surface area contributed by atoms with Gasteiger partial charge in [-0.2, -0.15) is 0 Å². The van der Waals surface area contributed by atoms with Crippen LogP contribution in [-0.2, 0) is 13.0 Å². The third-order valence-corrected chi connectivity index (χ3v) is 3.44. The van der Waals surface area contributed by atoms with Gasteiger partial charge >= 0.3 is 5.69 Å². The van der Waals surface area contributed by atoms with Crippen LogP contribution in [0.2, 0.25) is 5.02 Å². The molecule has 1 aromatic heterocycles. The first kappa shape index (κ1) is 15.2. The predicted molar refractivity (Wildman–Crippen MR) is 85.1 cm³/mol. The molecule has 112 valence electrons. The van der Waals surface area contributed by atoms with Gasteiger partial charge in [-0.15, -0.1) is 0 Å². The molecular formula is C14H17ClN4O2. The number of nitrogen functional groups attached to an aromatic ring is 1. The van der Waals surface area contributed by atoms with Crippen molar-refractivity contribution in [3.63, 3.8) is 0 Å². The number of benzene rings is 1. The molecule has 0 spiro atoms. The van der Waals surface area contributed by atoms with E-state index in [2.05, 4.69) is 10.3 Å². The van der Waals surface area contributed by atoms with Gasteiger partial charge in [-0.1, -0.05) is 23.7 Å². The van der Waals surface area contributed by atoms with Crippen molar-refractivity contribution in [1.82, 2.24) is 9.55 Å². The summed E-state index contributed by atoms with van der Waals surface area (Å²) < 4.78 is 1.31. The summed E-state index contributed by atoms with van der Waals surface area (Å²) in [4.78, 5) is 25.6. The minimum absolute atomic E-state index is 0.155. The Kier molecular flexibility index (Phi) is 4.70. The maximum absolute atomic E-state index is 11.8. The van der Waals surface area contributed by atoms with Gasteiger partial charge in [0.1, 0.15) is 11.5 Å². The number of aromatic nitrogens is 2. The van der Waals surface area contributed by atoms with E-state index in [1.54, 1.807) is 6.92 Å². The maximum Gasteiger partial charge on any atom is 0.330 e. The van der Waals surface area contributed by atoms with Crippen LogP contribution in [0.3, 0.4) is 0 Å². The average Bonchev–Trinajstić information content (AvgIpc) is 2.44. The number of halogens is 1. The van der Waals surface area contributed by atoms with Gasteiger partial charge in [-0.3, -0.25) is 14.3 Å². The highest BCUT2D eigenvalue weighted by atomic mass is 35.5. The van der Waals surface area contributed by atoms with E-state index in [0.717, 1.165) is 5.56 Å². The molecule has 7 heteroatoms. The monoisotopic (exact) mass is 308 g/mol. The standard InChI is InChI=1S/C14H17ClN4O2/c1-2-19-12(16)11(13(20)18-14(19)21)17-8-7-9-3-5-10(15)6-4-9/h3-6,17H,2,7-8,16H2,1H3,(H,18,20,21). The predicted octanol–water partition coefficient (Wildman–Crippen LogP) is 1.45. The van der Waals surface area contributed by atoms with E-state index in [1.807, 2.05) is 24.3 Å². The molecule has 2 aromatic rings. The molecule has 0 bridgehead atoms. The Morgan fingerprint density at radius 2 is 1.95 bits per heavy atom. The number of nitrogens with one attached hydrogen (secondary N) is 2. The van der Waals surface area contributed by atoms with Crippen LogP contribution in [0.4, 0.5) is 11.5 Å². The van der Waals surface area contributed by atoms with Crippen molar-refractivity contribution in [3.05, 3.63) is 55.7 Å². The van der Waals surface area contributed by atoms with Crippen molar-refractivity contribution in [2.45, 2.75) is 19.9 Å². The number of rotatable bonds is 5. The van der Waals surface area contributed by atoms with E-state index in [4.69, 9.17) is 17.3 Å². The van der Waals surface area contributed by atoms with Gasteiger partial charge in [0.25, 0.3) is 5.56 Å². The lowest BCUT2D eigenvalue weighted by Crippen LogP contribution is -2.34. The summed E-state index contributed by atoms with van der Waals surface area (Å²) in [6, 6.07) is 7.47. The van der Waals surface area contributed by atoms with Crippen LogP contribution in [0, 0.1) is 0 Å². The molecule has 0 saturated heterocycles. The molecule has 0 aliphatic rings. The van der Waals surface area contributed by atoms with Crippen molar-refractivity contribution in [3.8, 4) is 0 Å². The van der Waals surface area contributed by atoms with E-state index >= 15 is 0 Å². The summed E-state index contributed by atoms with van der Waals surface area (Å²) in [6.45, 7) is 2.71. The highest BCUT2D eigenvalue weighted by Crippen LogP contribution is 2.12. The second kappa shape index (κ2) is 6.49. The van der Waals surface area contributed by atoms with Crippen LogP contribution in [0.25, 0.3) is 0 Å². The highest BCUT2D eigenvalue weighted by Gasteiger charge is 2.10. The summed E-state index contributed by atoms with van der Waals surface area (Å²) in [6.07, 6.45) is 0.710. The largest absolute Gasteiger partial charge is 0.383 e. The van der Waals surface area contributed by atoms with Gasteiger partial charge < -0.3 is 11.1 Å². The number of aromatic amines is 1. The molecule has 2 rings (SSSR count). The fourth-order valence-corrected chi connectivity index (χ4v) is 2.18. The highest BCUT2D eigenvalue weighted by molar-refractivity contribution is 6.30. The first-order chi connectivity index (χ1) is 10.0. The number of nitrogens with zero attached hydrogens (tertiary/aromatic N) is 1. The fourth-order valence-electron chi connectivity index (χ4n) is 2.06. The zero-order chi connectivity index (χ0) is 15.4. The summed E-state index contributed by atoms with van der Waals surface area (Å²) in [7, 11) is 0. The maximum atomic E-state index is 11.8. The Balaban J connectivity index is 2.12. The second-order valence-corrected chi connectivity index (χ2v) is 5.00. The Morgan fingerprint density at radius 3 is 2.57 bits per heavy atom. The third kappa shape index (κ3) is 3.46. The molecule has 0 aliphatic heterocycles. The lowest BCUT2D eigenvalue weighted by molar-refractivity contribution is 0.706. The van der Waals surface area contributed by atoms with E-state index in [9.17, 15) is 9.59 Å². The number of hydrogen-bond donors (Lipinski definition) is 3. The Bertz CT molecular complexity index is 734. The molecule has 0 unspecified atom stereocenters. The molecule has 1 heterocycles. The molecule has 0 radical (unpaired) electrons. The van der Waals surface area contributed by atoms with E-state index < -0.39 is 11.2 Å². The number of H-pyrrole nitrogens is 1. The number of hydrogen-bond acceptors (Lipinski definition) is 4. The summed E-state index contributed by atoms with van der Waals surface area (Å²) in [5.41, 5.74) is 6.18. The smallest absolute Gasteiger partial charge is 0.330 e. The topological polar surface area (TPSA) is 92.9 Å². The minimum Gasteiger partial charge on any atom is -0.383 e. The molecule has 0 saturated carbocycles. The fraction of sp³-hybridized carbons (Fsp3) is 0.286. The Morgan fingerprint density at radius 1 is 1.29 bits per heavy atom. The zero-order valence-electron chi connectivity index (χ0n) is 11.6. The van der Waals surface area contributed by atoms with Crippen LogP contribution in [0.1, 0.15) is 12.5 Å². The first-order valence-electron chi connectivity index (χ1n) is 6.63. The van der Waals surface area contributed by atoms with Crippen molar-refractivity contribution in [1.29, 1.82) is 0 Å². The molecule has 0 fully saturated rings. The number of nitrogens with two attached hydrogens (primary N) is 1. The van der Waals surface area contributed by atoms with Gasteiger partial charge in [0, 0.05) is 18.1 Å². The van der Waals surface area contributed by atoms with Crippen LogP contribution in [0.15, 0.2) is 33.9 Å². The molecule has 4 N–H and O–H groups in total. The van der Waals surface area contributed by atoms with Crippen LogP contribution >= 0.6 is 11.6 Å². The molecule has 6 nitrogen and oxygen atoms in total. The van der Waals surface area contributed by atoms with Crippen molar-refractivity contribution in [2.75, 3.05) is 17.6 Å². The third-order valence-electron chi connectivity index (χ3n) is 3.18. The lowest BCUT2D eigenvalue weighted by Gasteiger charge is -2.12. The average molecular weight is 309 g/mol. The Hall–Kier alpha value is -2.21. The summed E-state index contributed by atoms with van der Waals surface area (Å²) >= 11 is 5.82. The van der Waals surface area contributed by atoms with Crippen LogP contribution < -0.4 is 22.3 Å². The molecule has 0 atom stereocenters. The van der Waals surface area contributed by atoms with E-state index in [0.29, 0.717) is 24.5 Å². The van der Waals surface area contributed by atoms with Crippen molar-refractivity contribution < 1.29 is 0 Å². The molecule has 21 heavy (non-hydrogen) atoms. The minimum atomic E-state index is -0.502. The second-order valence-electron chi connectivity index (χ2n) is 4.57. The molecular weight excluding hydrogens is 292 g/mol. The quantitative estimate of drug-likeness (QED) is 0.779. The molecule has 0 amide bonds. The van der Waals surface area contributed by atoms with Crippen LogP contribution in [-0.4, -0.2) is 16.1 Å². The normalized spacial score (nSPS) is 10.6. The van der Waals surface area contributed by atoms with Crippen LogP contribution in [0.5, 0.6) is 0 Å².